The zero-order chi connectivity index (χ0) is 12.3. The first kappa shape index (κ1) is 12.1. The molecule has 1 saturated heterocycles. The molecule has 1 aliphatic heterocycles. The number of benzene rings is 1. The molecule has 0 atom stereocenters. The van der Waals surface area contributed by atoms with Gasteiger partial charge in [0.05, 0.1) is 0 Å². The second kappa shape index (κ2) is 5.32. The van der Waals surface area contributed by atoms with Crippen molar-refractivity contribution in [2.24, 2.45) is 0 Å². The van der Waals surface area contributed by atoms with Gasteiger partial charge in [0.2, 0.25) is 0 Å². The highest BCUT2D eigenvalue weighted by Crippen LogP contribution is 2.22. The van der Waals surface area contributed by atoms with Crippen LogP contribution in [0.15, 0.2) is 18.2 Å². The standard InChI is InChI=1S/C14H20N2O/c1-12-10-13(11-17)4-5-14(12)16-7-3-6-15(2)8-9-16/h4-5,10-11H,3,6-9H2,1-2H3. The average molecular weight is 232 g/mol. The highest BCUT2D eigenvalue weighted by atomic mass is 16.1. The maximum absolute atomic E-state index is 10.7. The summed E-state index contributed by atoms with van der Waals surface area (Å²) in [6.45, 7) is 6.52. The number of hydrogen-bond donors (Lipinski definition) is 0. The zero-order valence-corrected chi connectivity index (χ0v) is 10.6. The molecule has 0 bridgehead atoms. The van der Waals surface area contributed by atoms with Crippen LogP contribution in [0.2, 0.25) is 0 Å². The maximum Gasteiger partial charge on any atom is 0.150 e. The molecule has 0 unspecified atom stereocenters. The smallest absolute Gasteiger partial charge is 0.150 e. The number of aryl methyl sites for hydroxylation is 1. The van der Waals surface area contributed by atoms with Crippen LogP contribution in [0.5, 0.6) is 0 Å². The highest BCUT2D eigenvalue weighted by Gasteiger charge is 2.14. The Hall–Kier alpha value is -1.35. The van der Waals surface area contributed by atoms with Gasteiger partial charge in [-0.3, -0.25) is 4.79 Å². The summed E-state index contributed by atoms with van der Waals surface area (Å²) in [5.74, 6) is 0. The summed E-state index contributed by atoms with van der Waals surface area (Å²) in [7, 11) is 2.17. The van der Waals surface area contributed by atoms with E-state index in [-0.39, 0.29) is 0 Å². The van der Waals surface area contributed by atoms with Gasteiger partial charge in [-0.2, -0.15) is 0 Å². The summed E-state index contributed by atoms with van der Waals surface area (Å²) in [5.41, 5.74) is 3.23. The van der Waals surface area contributed by atoms with Gasteiger partial charge in [-0.1, -0.05) is 0 Å². The molecular weight excluding hydrogens is 212 g/mol. The monoisotopic (exact) mass is 232 g/mol. The molecule has 0 aromatic heterocycles. The van der Waals surface area contributed by atoms with E-state index in [9.17, 15) is 4.79 Å². The van der Waals surface area contributed by atoms with Crippen molar-refractivity contribution in [1.82, 2.24) is 4.90 Å². The van der Waals surface area contributed by atoms with Gasteiger partial charge in [-0.15, -0.1) is 0 Å². The van der Waals surface area contributed by atoms with Crippen molar-refractivity contribution in [2.75, 3.05) is 38.1 Å². The number of anilines is 1. The lowest BCUT2D eigenvalue weighted by molar-refractivity contribution is 0.112. The second-order valence-electron chi connectivity index (χ2n) is 4.81. The molecule has 2 rings (SSSR count). The molecule has 0 saturated carbocycles. The Morgan fingerprint density at radius 2 is 2.00 bits per heavy atom. The fourth-order valence-corrected chi connectivity index (χ4v) is 2.39. The third kappa shape index (κ3) is 2.86. The number of carbonyl (C=O) groups is 1. The van der Waals surface area contributed by atoms with Crippen molar-refractivity contribution in [3.8, 4) is 0 Å². The molecule has 1 heterocycles. The Kier molecular flexibility index (Phi) is 3.79. The van der Waals surface area contributed by atoms with E-state index >= 15 is 0 Å². The molecule has 1 aromatic rings. The van der Waals surface area contributed by atoms with Crippen LogP contribution in [0.3, 0.4) is 0 Å². The molecule has 0 amide bonds. The molecule has 1 fully saturated rings. The van der Waals surface area contributed by atoms with E-state index in [1.54, 1.807) is 0 Å². The Balaban J connectivity index is 2.18. The fourth-order valence-electron chi connectivity index (χ4n) is 2.39. The molecule has 1 aliphatic rings. The van der Waals surface area contributed by atoms with Gasteiger partial charge in [0, 0.05) is 30.9 Å². The average Bonchev–Trinajstić information content (AvgIpc) is 2.54. The Bertz CT molecular complexity index is 403. The lowest BCUT2D eigenvalue weighted by Crippen LogP contribution is -2.29. The summed E-state index contributed by atoms with van der Waals surface area (Å²) >= 11 is 0. The third-order valence-electron chi connectivity index (χ3n) is 3.42. The van der Waals surface area contributed by atoms with Crippen LogP contribution in [-0.2, 0) is 0 Å². The molecule has 17 heavy (non-hydrogen) atoms. The second-order valence-corrected chi connectivity index (χ2v) is 4.81. The van der Waals surface area contributed by atoms with Crippen molar-refractivity contribution >= 4 is 12.0 Å². The zero-order valence-electron chi connectivity index (χ0n) is 10.6. The summed E-state index contributed by atoms with van der Waals surface area (Å²) < 4.78 is 0. The lowest BCUT2D eigenvalue weighted by atomic mass is 10.1. The predicted octanol–water partition coefficient (Wildman–Crippen LogP) is 1.95. The quantitative estimate of drug-likeness (QED) is 0.728. The topological polar surface area (TPSA) is 23.6 Å². The Morgan fingerprint density at radius 3 is 2.71 bits per heavy atom. The fraction of sp³-hybridized carbons (Fsp3) is 0.500. The van der Waals surface area contributed by atoms with Crippen LogP contribution in [0.25, 0.3) is 0 Å². The van der Waals surface area contributed by atoms with E-state index in [1.807, 2.05) is 12.1 Å². The minimum Gasteiger partial charge on any atom is -0.370 e. The molecule has 1 aromatic carbocycles. The van der Waals surface area contributed by atoms with Gasteiger partial charge >= 0.3 is 0 Å². The molecular formula is C14H20N2O. The summed E-state index contributed by atoms with van der Waals surface area (Å²) in [6.07, 6.45) is 2.11. The van der Waals surface area contributed by atoms with Crippen molar-refractivity contribution in [2.45, 2.75) is 13.3 Å². The number of hydrogen-bond acceptors (Lipinski definition) is 3. The molecule has 3 nitrogen and oxygen atoms in total. The normalized spacial score (nSPS) is 17.9. The van der Waals surface area contributed by atoms with Crippen LogP contribution < -0.4 is 4.90 Å². The number of nitrogens with zero attached hydrogens (tertiary/aromatic N) is 2. The molecule has 0 N–H and O–H groups in total. The van der Waals surface area contributed by atoms with E-state index in [0.717, 1.165) is 31.5 Å². The van der Waals surface area contributed by atoms with E-state index in [4.69, 9.17) is 0 Å². The van der Waals surface area contributed by atoms with Gasteiger partial charge in [-0.05, 0) is 50.7 Å². The number of rotatable bonds is 2. The van der Waals surface area contributed by atoms with Gasteiger partial charge in [-0.25, -0.2) is 0 Å². The van der Waals surface area contributed by atoms with Gasteiger partial charge < -0.3 is 9.80 Å². The van der Waals surface area contributed by atoms with E-state index in [1.165, 1.54) is 24.2 Å². The Labute approximate surface area is 103 Å². The van der Waals surface area contributed by atoms with E-state index in [0.29, 0.717) is 0 Å². The SMILES string of the molecule is Cc1cc(C=O)ccc1N1CCCN(C)CC1. The third-order valence-corrected chi connectivity index (χ3v) is 3.42. The molecule has 0 spiro atoms. The maximum atomic E-state index is 10.7. The minimum atomic E-state index is 0.762. The first-order valence-electron chi connectivity index (χ1n) is 6.20. The van der Waals surface area contributed by atoms with Crippen LogP contribution in [0.1, 0.15) is 22.3 Å². The van der Waals surface area contributed by atoms with Crippen molar-refractivity contribution < 1.29 is 4.79 Å². The first-order valence-corrected chi connectivity index (χ1v) is 6.20. The largest absolute Gasteiger partial charge is 0.370 e. The van der Waals surface area contributed by atoms with Gasteiger partial charge in [0.1, 0.15) is 6.29 Å². The number of aldehydes is 1. The Morgan fingerprint density at radius 1 is 1.18 bits per heavy atom. The first-order chi connectivity index (χ1) is 8.20. The van der Waals surface area contributed by atoms with Crippen LogP contribution in [-0.4, -0.2) is 44.4 Å². The van der Waals surface area contributed by atoms with Crippen LogP contribution in [0, 0.1) is 6.92 Å². The molecule has 3 heteroatoms. The summed E-state index contributed by atoms with van der Waals surface area (Å²) in [5, 5.41) is 0. The van der Waals surface area contributed by atoms with E-state index < -0.39 is 0 Å². The molecule has 0 aliphatic carbocycles. The molecule has 92 valence electrons. The predicted molar refractivity (Wildman–Crippen MR) is 70.9 cm³/mol. The van der Waals surface area contributed by atoms with Crippen molar-refractivity contribution in [1.29, 1.82) is 0 Å². The van der Waals surface area contributed by atoms with Crippen molar-refractivity contribution in [3.63, 3.8) is 0 Å². The molecule has 0 radical (unpaired) electrons. The lowest BCUT2D eigenvalue weighted by Gasteiger charge is -2.24. The summed E-state index contributed by atoms with van der Waals surface area (Å²) in [4.78, 5) is 15.5. The van der Waals surface area contributed by atoms with Crippen LogP contribution in [0.4, 0.5) is 5.69 Å². The van der Waals surface area contributed by atoms with Crippen molar-refractivity contribution in [3.05, 3.63) is 29.3 Å². The number of carbonyl (C=O) groups excluding carboxylic acids is 1. The van der Waals surface area contributed by atoms with Crippen LogP contribution >= 0.6 is 0 Å². The number of likely N-dealkylation sites (N-methyl/N-ethyl adjacent to an activating group) is 1. The highest BCUT2D eigenvalue weighted by molar-refractivity contribution is 5.77. The summed E-state index contributed by atoms with van der Waals surface area (Å²) in [6, 6.07) is 5.95. The van der Waals surface area contributed by atoms with E-state index in [2.05, 4.69) is 29.8 Å². The van der Waals surface area contributed by atoms with Gasteiger partial charge in [0.15, 0.2) is 0 Å². The van der Waals surface area contributed by atoms with Gasteiger partial charge in [0.25, 0.3) is 0 Å². The minimum absolute atomic E-state index is 0.762.